The molecule has 0 saturated heterocycles. The van der Waals surface area contributed by atoms with Crippen LogP contribution in [0.25, 0.3) is 5.69 Å². The van der Waals surface area contributed by atoms with E-state index >= 15 is 0 Å². The first-order valence-corrected chi connectivity index (χ1v) is 7.89. The molecular weight excluding hydrogens is 372 g/mol. The van der Waals surface area contributed by atoms with Crippen molar-refractivity contribution in [1.29, 1.82) is 0 Å². The number of hydrogen-bond acceptors (Lipinski definition) is 3. The van der Waals surface area contributed by atoms with Gasteiger partial charge in [-0.25, -0.2) is 4.98 Å². The Labute approximate surface area is 146 Å². The van der Waals surface area contributed by atoms with Gasteiger partial charge in [0.15, 0.2) is 0 Å². The van der Waals surface area contributed by atoms with Crippen LogP contribution in [0, 0.1) is 0 Å². The van der Waals surface area contributed by atoms with E-state index in [2.05, 4.69) is 31.8 Å². The molecule has 0 aliphatic carbocycles. The summed E-state index contributed by atoms with van der Waals surface area (Å²) in [4.78, 5) is 28.4. The molecule has 2 amide bonds. The number of amides is 2. The number of hydrazine groups is 1. The molecule has 0 spiro atoms. The summed E-state index contributed by atoms with van der Waals surface area (Å²) in [6.45, 7) is 0. The molecule has 1 aromatic heterocycles. The van der Waals surface area contributed by atoms with E-state index in [1.165, 1.54) is 6.20 Å². The average Bonchev–Trinajstić information content (AvgIpc) is 3.10. The molecule has 0 atom stereocenters. The molecule has 0 aliphatic heterocycles. The van der Waals surface area contributed by atoms with Crippen molar-refractivity contribution in [3.05, 3.63) is 82.9 Å². The number of halogens is 1. The topological polar surface area (TPSA) is 76.0 Å². The monoisotopic (exact) mass is 384 g/mol. The van der Waals surface area contributed by atoms with Gasteiger partial charge in [0.25, 0.3) is 11.8 Å². The fraction of sp³-hybridized carbons (Fsp3) is 0. The van der Waals surface area contributed by atoms with Crippen molar-refractivity contribution in [2.24, 2.45) is 0 Å². The number of aromatic nitrogens is 2. The number of benzene rings is 2. The summed E-state index contributed by atoms with van der Waals surface area (Å²) in [6.07, 6.45) is 2.98. The molecule has 3 aromatic rings. The lowest BCUT2D eigenvalue weighted by molar-refractivity contribution is 0.0842. The highest BCUT2D eigenvalue weighted by Gasteiger charge is 2.15. The van der Waals surface area contributed by atoms with Gasteiger partial charge in [0.2, 0.25) is 0 Å². The quantitative estimate of drug-likeness (QED) is 0.681. The van der Waals surface area contributed by atoms with Crippen LogP contribution in [0.3, 0.4) is 0 Å². The number of para-hydroxylation sites is 1. The van der Waals surface area contributed by atoms with Crippen LogP contribution < -0.4 is 10.9 Å². The van der Waals surface area contributed by atoms with Gasteiger partial charge in [-0.2, -0.15) is 0 Å². The van der Waals surface area contributed by atoms with Gasteiger partial charge in [-0.1, -0.05) is 30.3 Å². The minimum atomic E-state index is -0.461. The van der Waals surface area contributed by atoms with Gasteiger partial charge in [-0.05, 0) is 40.2 Å². The van der Waals surface area contributed by atoms with E-state index in [4.69, 9.17) is 0 Å². The molecule has 0 saturated carbocycles. The zero-order valence-electron chi connectivity index (χ0n) is 12.4. The molecule has 0 radical (unpaired) electrons. The number of rotatable bonds is 3. The SMILES string of the molecule is O=C(NNC(=O)c1cncn1-c1ccccc1)c1ccccc1Br. The first-order valence-electron chi connectivity index (χ1n) is 7.10. The fourth-order valence-electron chi connectivity index (χ4n) is 2.15. The molecule has 0 fully saturated rings. The molecule has 2 N–H and O–H groups in total. The Morgan fingerprint density at radius 2 is 1.58 bits per heavy atom. The van der Waals surface area contributed by atoms with Gasteiger partial charge in [0, 0.05) is 10.2 Å². The molecule has 0 aliphatic rings. The van der Waals surface area contributed by atoms with E-state index < -0.39 is 11.8 Å². The van der Waals surface area contributed by atoms with Crippen molar-refractivity contribution in [1.82, 2.24) is 20.4 Å². The van der Waals surface area contributed by atoms with Gasteiger partial charge in [-0.15, -0.1) is 0 Å². The number of nitrogens with one attached hydrogen (secondary N) is 2. The first kappa shape index (κ1) is 15.9. The number of carbonyl (C=O) groups excluding carboxylic acids is 2. The minimum absolute atomic E-state index is 0.314. The summed E-state index contributed by atoms with van der Waals surface area (Å²) in [7, 11) is 0. The van der Waals surface area contributed by atoms with Crippen molar-refractivity contribution < 1.29 is 9.59 Å². The number of imidazole rings is 1. The molecule has 3 rings (SSSR count). The van der Waals surface area contributed by atoms with Crippen molar-refractivity contribution >= 4 is 27.7 Å². The third-order valence-electron chi connectivity index (χ3n) is 3.31. The Morgan fingerprint density at radius 1 is 0.917 bits per heavy atom. The fourth-order valence-corrected chi connectivity index (χ4v) is 2.61. The lowest BCUT2D eigenvalue weighted by Gasteiger charge is -2.10. The van der Waals surface area contributed by atoms with Crippen LogP contribution >= 0.6 is 15.9 Å². The highest BCUT2D eigenvalue weighted by molar-refractivity contribution is 9.10. The van der Waals surface area contributed by atoms with Crippen LogP contribution in [0.5, 0.6) is 0 Å². The maximum Gasteiger partial charge on any atom is 0.288 e. The van der Waals surface area contributed by atoms with Gasteiger partial charge >= 0.3 is 0 Å². The predicted octanol–water partition coefficient (Wildman–Crippen LogP) is 2.71. The second-order valence-electron chi connectivity index (χ2n) is 4.87. The van der Waals surface area contributed by atoms with Crippen molar-refractivity contribution in [2.75, 3.05) is 0 Å². The Morgan fingerprint density at radius 3 is 2.33 bits per heavy atom. The highest BCUT2D eigenvalue weighted by Crippen LogP contribution is 2.15. The van der Waals surface area contributed by atoms with Crippen LogP contribution in [0.4, 0.5) is 0 Å². The molecule has 2 aromatic carbocycles. The third kappa shape index (κ3) is 3.36. The van der Waals surface area contributed by atoms with Gasteiger partial charge in [-0.3, -0.25) is 25.0 Å². The van der Waals surface area contributed by atoms with Crippen LogP contribution in [0.2, 0.25) is 0 Å². The molecule has 24 heavy (non-hydrogen) atoms. The Hall–Kier alpha value is -2.93. The van der Waals surface area contributed by atoms with E-state index in [0.717, 1.165) is 5.69 Å². The summed E-state index contributed by atoms with van der Waals surface area (Å²) < 4.78 is 2.28. The Kier molecular flexibility index (Phi) is 4.72. The Bertz CT molecular complexity index is 877. The number of nitrogens with zero attached hydrogens (tertiary/aromatic N) is 2. The first-order chi connectivity index (χ1) is 11.7. The molecule has 120 valence electrons. The van der Waals surface area contributed by atoms with Gasteiger partial charge < -0.3 is 0 Å². The van der Waals surface area contributed by atoms with Crippen molar-refractivity contribution in [3.8, 4) is 5.69 Å². The molecule has 7 heteroatoms. The van der Waals surface area contributed by atoms with Crippen LogP contribution in [-0.4, -0.2) is 21.4 Å². The minimum Gasteiger partial charge on any atom is -0.295 e. The highest BCUT2D eigenvalue weighted by atomic mass is 79.9. The van der Waals surface area contributed by atoms with Crippen LogP contribution in [-0.2, 0) is 0 Å². The summed E-state index contributed by atoms with van der Waals surface area (Å²) in [5, 5.41) is 0. The summed E-state index contributed by atoms with van der Waals surface area (Å²) in [5.74, 6) is -0.877. The predicted molar refractivity (Wildman–Crippen MR) is 92.6 cm³/mol. The maximum absolute atomic E-state index is 12.3. The molecule has 0 unspecified atom stereocenters. The number of hydrogen-bond donors (Lipinski definition) is 2. The van der Waals surface area contributed by atoms with E-state index in [0.29, 0.717) is 15.7 Å². The zero-order valence-corrected chi connectivity index (χ0v) is 14.0. The summed E-state index contributed by atoms with van der Waals surface area (Å²) in [5.41, 5.74) is 6.34. The molecule has 1 heterocycles. The molecule has 6 nitrogen and oxygen atoms in total. The lowest BCUT2D eigenvalue weighted by Crippen LogP contribution is -2.42. The molecule has 0 bridgehead atoms. The second-order valence-corrected chi connectivity index (χ2v) is 5.73. The van der Waals surface area contributed by atoms with Gasteiger partial charge in [0.05, 0.1) is 18.1 Å². The van der Waals surface area contributed by atoms with E-state index in [1.807, 2.05) is 30.3 Å². The van der Waals surface area contributed by atoms with Gasteiger partial charge in [0.1, 0.15) is 5.69 Å². The largest absolute Gasteiger partial charge is 0.295 e. The van der Waals surface area contributed by atoms with Crippen molar-refractivity contribution in [2.45, 2.75) is 0 Å². The summed E-state index contributed by atoms with van der Waals surface area (Å²) in [6, 6.07) is 16.3. The third-order valence-corrected chi connectivity index (χ3v) is 4.01. The second kappa shape index (κ2) is 7.10. The smallest absolute Gasteiger partial charge is 0.288 e. The van der Waals surface area contributed by atoms with E-state index in [9.17, 15) is 9.59 Å². The maximum atomic E-state index is 12.3. The Balaban J connectivity index is 1.72. The van der Waals surface area contributed by atoms with Crippen LogP contribution in [0.15, 0.2) is 71.6 Å². The van der Waals surface area contributed by atoms with E-state index in [1.54, 1.807) is 35.2 Å². The lowest BCUT2D eigenvalue weighted by atomic mass is 10.2. The number of carbonyl (C=O) groups is 2. The van der Waals surface area contributed by atoms with E-state index in [-0.39, 0.29) is 0 Å². The van der Waals surface area contributed by atoms with Crippen LogP contribution in [0.1, 0.15) is 20.8 Å². The summed E-state index contributed by atoms with van der Waals surface area (Å²) >= 11 is 3.30. The standard InChI is InChI=1S/C17H13BrN4O2/c18-14-9-5-4-8-13(14)16(23)20-21-17(24)15-10-19-11-22(15)12-6-2-1-3-7-12/h1-11H,(H,20,23)(H,21,24). The zero-order chi connectivity index (χ0) is 16.9. The molecular formula is C17H13BrN4O2. The van der Waals surface area contributed by atoms with Crippen molar-refractivity contribution in [3.63, 3.8) is 0 Å². The average molecular weight is 385 g/mol. The normalized spacial score (nSPS) is 10.2.